The van der Waals surface area contributed by atoms with Gasteiger partial charge in [-0.15, -0.1) is 0 Å². The summed E-state index contributed by atoms with van der Waals surface area (Å²) in [5.74, 6) is 6.37. The Morgan fingerprint density at radius 3 is 1.92 bits per heavy atom. The van der Waals surface area contributed by atoms with Crippen LogP contribution in [0.3, 0.4) is 0 Å². The first-order valence-corrected chi connectivity index (χ1v) is 8.63. The third-order valence-electron chi connectivity index (χ3n) is 4.25. The van der Waals surface area contributed by atoms with Crippen molar-refractivity contribution >= 4 is 6.41 Å². The highest BCUT2D eigenvalue weighted by Crippen LogP contribution is 2.31. The van der Waals surface area contributed by atoms with Crippen molar-refractivity contribution in [3.63, 3.8) is 0 Å². The molecule has 0 aliphatic heterocycles. The molecule has 0 aliphatic carbocycles. The Morgan fingerprint density at radius 2 is 1.42 bits per heavy atom. The second-order valence-corrected chi connectivity index (χ2v) is 6.04. The first-order valence-electron chi connectivity index (χ1n) is 8.63. The Hall–Kier alpha value is -2.53. The highest BCUT2D eigenvalue weighted by molar-refractivity contribution is 5.50. The zero-order chi connectivity index (χ0) is 17.3. The highest BCUT2D eigenvalue weighted by atomic mass is 16.1. The van der Waals surface area contributed by atoms with Gasteiger partial charge in [0.15, 0.2) is 0 Å². The zero-order valence-electron chi connectivity index (χ0n) is 14.5. The average Bonchev–Trinajstić information content (AvgIpc) is 2.62. The quantitative estimate of drug-likeness (QED) is 0.585. The van der Waals surface area contributed by atoms with Gasteiger partial charge in [0, 0.05) is 11.1 Å². The second-order valence-electron chi connectivity index (χ2n) is 6.04. The molecule has 2 rings (SSSR count). The molecule has 2 nitrogen and oxygen atoms in total. The molecule has 0 bridgehead atoms. The van der Waals surface area contributed by atoms with Crippen molar-refractivity contribution in [3.8, 4) is 11.8 Å². The molecule has 0 saturated heterocycles. The molecule has 0 radical (unpaired) electrons. The molecule has 2 aromatic rings. The molecule has 0 unspecified atom stereocenters. The van der Waals surface area contributed by atoms with E-state index in [4.69, 9.17) is 0 Å². The molecule has 0 atom stereocenters. The number of hydrogen-bond donors (Lipinski definition) is 1. The van der Waals surface area contributed by atoms with E-state index in [9.17, 15) is 4.79 Å². The molecule has 1 amide bonds. The summed E-state index contributed by atoms with van der Waals surface area (Å²) < 4.78 is 0. The van der Waals surface area contributed by atoms with Gasteiger partial charge in [-0.1, -0.05) is 68.9 Å². The van der Waals surface area contributed by atoms with Gasteiger partial charge in [0.25, 0.3) is 0 Å². The summed E-state index contributed by atoms with van der Waals surface area (Å²) >= 11 is 0. The van der Waals surface area contributed by atoms with Crippen LogP contribution >= 0.6 is 0 Å². The van der Waals surface area contributed by atoms with Gasteiger partial charge in [-0.05, 0) is 42.7 Å². The summed E-state index contributed by atoms with van der Waals surface area (Å²) in [7, 11) is 0. The molecule has 2 aromatic carbocycles. The molecule has 0 aromatic heterocycles. The van der Waals surface area contributed by atoms with E-state index in [0.717, 1.165) is 48.8 Å². The highest BCUT2D eigenvalue weighted by Gasteiger charge is 2.29. The maximum atomic E-state index is 11.1. The van der Waals surface area contributed by atoms with E-state index in [1.807, 2.05) is 42.5 Å². The molecule has 0 aliphatic rings. The van der Waals surface area contributed by atoms with Crippen LogP contribution in [0.4, 0.5) is 0 Å². The van der Waals surface area contributed by atoms with Crippen molar-refractivity contribution in [2.24, 2.45) is 0 Å². The fourth-order valence-corrected chi connectivity index (χ4v) is 3.15. The van der Waals surface area contributed by atoms with Gasteiger partial charge in [-0.3, -0.25) is 4.79 Å². The van der Waals surface area contributed by atoms with Gasteiger partial charge < -0.3 is 5.32 Å². The van der Waals surface area contributed by atoms with Gasteiger partial charge in [-0.25, -0.2) is 0 Å². The lowest BCUT2D eigenvalue weighted by Gasteiger charge is -2.34. The van der Waals surface area contributed by atoms with Gasteiger partial charge >= 0.3 is 0 Å². The molecule has 124 valence electrons. The normalized spacial score (nSPS) is 10.6. The second kappa shape index (κ2) is 8.93. The number of rotatable bonds is 7. The molecule has 0 fully saturated rings. The van der Waals surface area contributed by atoms with Gasteiger partial charge in [0.05, 0.1) is 5.54 Å². The van der Waals surface area contributed by atoms with Gasteiger partial charge in [-0.2, -0.15) is 0 Å². The average molecular weight is 319 g/mol. The van der Waals surface area contributed by atoms with Crippen LogP contribution in [-0.2, 0) is 10.3 Å². The van der Waals surface area contributed by atoms with E-state index < -0.39 is 0 Å². The minimum absolute atomic E-state index is 0.267. The van der Waals surface area contributed by atoms with Crippen LogP contribution in [0.5, 0.6) is 0 Å². The number of amides is 1. The summed E-state index contributed by atoms with van der Waals surface area (Å²) in [5.41, 5.74) is 2.88. The maximum Gasteiger partial charge on any atom is 0.207 e. The Morgan fingerprint density at radius 1 is 0.875 bits per heavy atom. The number of benzene rings is 2. The number of carbonyl (C=O) groups is 1. The topological polar surface area (TPSA) is 29.1 Å². The van der Waals surface area contributed by atoms with Crippen LogP contribution in [0.15, 0.2) is 54.6 Å². The summed E-state index contributed by atoms with van der Waals surface area (Å²) in [6, 6.07) is 18.2. The van der Waals surface area contributed by atoms with Crippen LogP contribution < -0.4 is 5.32 Å². The fraction of sp³-hybridized carbons (Fsp3) is 0.318. The van der Waals surface area contributed by atoms with Crippen LogP contribution in [0.25, 0.3) is 0 Å². The Kier molecular flexibility index (Phi) is 6.63. The minimum atomic E-state index is -0.267. The lowest BCUT2D eigenvalue weighted by atomic mass is 9.81. The van der Waals surface area contributed by atoms with Crippen molar-refractivity contribution in [1.29, 1.82) is 0 Å². The van der Waals surface area contributed by atoms with E-state index in [-0.39, 0.29) is 5.54 Å². The van der Waals surface area contributed by atoms with Crippen molar-refractivity contribution in [2.75, 3.05) is 0 Å². The monoisotopic (exact) mass is 319 g/mol. The zero-order valence-corrected chi connectivity index (χ0v) is 14.5. The SMILES string of the molecule is CCCC(CCC)(NC=O)c1ccc(C#Cc2ccccc2)cc1. The molecule has 0 spiro atoms. The van der Waals surface area contributed by atoms with Gasteiger partial charge in [0.2, 0.25) is 6.41 Å². The Bertz CT molecular complexity index is 686. The van der Waals surface area contributed by atoms with Crippen LogP contribution in [0, 0.1) is 11.8 Å². The number of nitrogens with one attached hydrogen (secondary N) is 1. The summed E-state index contributed by atoms with van der Waals surface area (Å²) in [5, 5.41) is 3.07. The van der Waals surface area contributed by atoms with Crippen LogP contribution in [-0.4, -0.2) is 6.41 Å². The lowest BCUT2D eigenvalue weighted by Crippen LogP contribution is -2.41. The van der Waals surface area contributed by atoms with E-state index in [1.165, 1.54) is 0 Å². The largest absolute Gasteiger partial charge is 0.349 e. The van der Waals surface area contributed by atoms with E-state index in [1.54, 1.807) is 0 Å². The third kappa shape index (κ3) is 4.49. The Balaban J connectivity index is 2.25. The molecule has 24 heavy (non-hydrogen) atoms. The molecular weight excluding hydrogens is 294 g/mol. The molecular formula is C22H25NO. The van der Waals surface area contributed by atoms with E-state index in [0.29, 0.717) is 0 Å². The summed E-state index contributed by atoms with van der Waals surface area (Å²) in [4.78, 5) is 11.1. The van der Waals surface area contributed by atoms with Crippen molar-refractivity contribution < 1.29 is 4.79 Å². The smallest absolute Gasteiger partial charge is 0.207 e. The summed E-state index contributed by atoms with van der Waals surface area (Å²) in [6.07, 6.45) is 4.75. The van der Waals surface area contributed by atoms with Crippen molar-refractivity contribution in [1.82, 2.24) is 5.32 Å². The first-order chi connectivity index (χ1) is 11.7. The standard InChI is InChI=1S/C22H25NO/c1-3-16-22(17-4-2,23-18-24)21-14-12-20(13-15-21)11-10-19-8-6-5-7-9-19/h5-9,12-15,18H,3-4,16-17H2,1-2H3,(H,23,24). The molecule has 2 heteroatoms. The minimum Gasteiger partial charge on any atom is -0.349 e. The number of hydrogen-bond acceptors (Lipinski definition) is 1. The molecule has 0 heterocycles. The van der Waals surface area contributed by atoms with Crippen molar-refractivity contribution in [3.05, 3.63) is 71.3 Å². The molecule has 0 saturated carbocycles. The third-order valence-corrected chi connectivity index (χ3v) is 4.25. The Labute approximate surface area is 145 Å². The predicted molar refractivity (Wildman–Crippen MR) is 99.6 cm³/mol. The lowest BCUT2D eigenvalue weighted by molar-refractivity contribution is -0.111. The molecule has 1 N–H and O–H groups in total. The van der Waals surface area contributed by atoms with Gasteiger partial charge in [0.1, 0.15) is 0 Å². The fourth-order valence-electron chi connectivity index (χ4n) is 3.15. The van der Waals surface area contributed by atoms with Crippen LogP contribution in [0.1, 0.15) is 56.2 Å². The predicted octanol–water partition coefficient (Wildman–Crippen LogP) is 4.63. The first kappa shape index (κ1) is 17.8. The van der Waals surface area contributed by atoms with E-state index >= 15 is 0 Å². The van der Waals surface area contributed by atoms with Crippen molar-refractivity contribution in [2.45, 2.75) is 45.1 Å². The van der Waals surface area contributed by atoms with E-state index in [2.05, 4.69) is 43.1 Å². The summed E-state index contributed by atoms with van der Waals surface area (Å²) in [6.45, 7) is 4.30. The van der Waals surface area contributed by atoms with Crippen LogP contribution in [0.2, 0.25) is 0 Å². The maximum absolute atomic E-state index is 11.1. The number of carbonyl (C=O) groups excluding carboxylic acids is 1.